The summed E-state index contributed by atoms with van der Waals surface area (Å²) in [6.45, 7) is 4.76. The highest BCUT2D eigenvalue weighted by molar-refractivity contribution is 5.80. The lowest BCUT2D eigenvalue weighted by Crippen LogP contribution is -2.50. The zero-order valence-corrected chi connectivity index (χ0v) is 13.2. The van der Waals surface area contributed by atoms with Crippen LogP contribution in [-0.4, -0.2) is 24.0 Å². The van der Waals surface area contributed by atoms with Crippen molar-refractivity contribution < 1.29 is 14.3 Å². The minimum Gasteiger partial charge on any atom is -0.465 e. The molecule has 118 valence electrons. The van der Waals surface area contributed by atoms with E-state index in [2.05, 4.69) is 31.3 Å². The summed E-state index contributed by atoms with van der Waals surface area (Å²) in [4.78, 5) is 23.5. The molecule has 3 rings (SSSR count). The highest BCUT2D eigenvalue weighted by Gasteiger charge is 2.56. The van der Waals surface area contributed by atoms with Crippen molar-refractivity contribution in [3.63, 3.8) is 0 Å². The van der Waals surface area contributed by atoms with Gasteiger partial charge in [-0.3, -0.25) is 9.59 Å². The van der Waals surface area contributed by atoms with E-state index in [1.165, 1.54) is 5.56 Å². The van der Waals surface area contributed by atoms with E-state index < -0.39 is 0 Å². The second-order valence-corrected chi connectivity index (χ2v) is 7.08. The summed E-state index contributed by atoms with van der Waals surface area (Å²) in [6.07, 6.45) is 2.74. The van der Waals surface area contributed by atoms with E-state index in [1.807, 2.05) is 18.2 Å². The molecule has 1 heterocycles. The molecule has 0 bridgehead atoms. The number of carbonyl (C=O) groups is 2. The van der Waals surface area contributed by atoms with Crippen LogP contribution in [0.5, 0.6) is 0 Å². The van der Waals surface area contributed by atoms with E-state index in [0.29, 0.717) is 19.4 Å². The van der Waals surface area contributed by atoms with Gasteiger partial charge in [-0.05, 0) is 18.4 Å². The SMILES string of the molecule is CC(C)(c1ccccc1)C1(NC(=O)CC2COC(=O)C2)CC1. The summed E-state index contributed by atoms with van der Waals surface area (Å²) in [5.74, 6) is -0.128. The number of nitrogens with one attached hydrogen (secondary N) is 1. The quantitative estimate of drug-likeness (QED) is 0.850. The van der Waals surface area contributed by atoms with Crippen LogP contribution in [0.2, 0.25) is 0 Å². The van der Waals surface area contributed by atoms with Crippen LogP contribution >= 0.6 is 0 Å². The molecule has 1 amide bonds. The Morgan fingerprint density at radius 3 is 2.55 bits per heavy atom. The fraction of sp³-hybridized carbons (Fsp3) is 0.556. The number of hydrogen-bond acceptors (Lipinski definition) is 3. The number of rotatable bonds is 5. The summed E-state index contributed by atoms with van der Waals surface area (Å²) in [5.41, 5.74) is 0.980. The van der Waals surface area contributed by atoms with Crippen LogP contribution in [0.4, 0.5) is 0 Å². The lowest BCUT2D eigenvalue weighted by Gasteiger charge is -2.36. The standard InChI is InChI=1S/C18H23NO3/c1-17(2,14-6-4-3-5-7-14)18(8-9-18)19-15(20)10-13-11-16(21)22-12-13/h3-7,13H,8-12H2,1-2H3,(H,19,20). The predicted octanol–water partition coefficient (Wildman–Crippen LogP) is 2.57. The highest BCUT2D eigenvalue weighted by atomic mass is 16.5. The first-order valence-electron chi connectivity index (χ1n) is 7.95. The van der Waals surface area contributed by atoms with E-state index in [4.69, 9.17) is 4.74 Å². The Hall–Kier alpha value is -1.84. The van der Waals surface area contributed by atoms with Gasteiger partial charge in [0.1, 0.15) is 0 Å². The molecule has 0 spiro atoms. The van der Waals surface area contributed by atoms with Crippen LogP contribution in [0.3, 0.4) is 0 Å². The number of amides is 1. The molecule has 1 N–H and O–H groups in total. The Labute approximate surface area is 131 Å². The van der Waals surface area contributed by atoms with Gasteiger partial charge in [0.05, 0.1) is 13.0 Å². The van der Waals surface area contributed by atoms with E-state index >= 15 is 0 Å². The summed E-state index contributed by atoms with van der Waals surface area (Å²) in [6, 6.07) is 10.3. The fourth-order valence-electron chi connectivity index (χ4n) is 3.44. The Bertz CT molecular complexity index is 575. The van der Waals surface area contributed by atoms with Gasteiger partial charge in [-0.25, -0.2) is 0 Å². The number of benzene rings is 1. The Morgan fingerprint density at radius 1 is 1.32 bits per heavy atom. The van der Waals surface area contributed by atoms with E-state index in [-0.39, 0.29) is 28.7 Å². The molecule has 1 aromatic rings. The first-order chi connectivity index (χ1) is 10.4. The maximum absolute atomic E-state index is 12.4. The molecule has 2 fully saturated rings. The van der Waals surface area contributed by atoms with Gasteiger partial charge in [0.15, 0.2) is 0 Å². The number of carbonyl (C=O) groups excluding carboxylic acids is 2. The first kappa shape index (κ1) is 15.1. The molecule has 1 aliphatic heterocycles. The van der Waals surface area contributed by atoms with Crippen molar-refractivity contribution in [2.24, 2.45) is 5.92 Å². The summed E-state index contributed by atoms with van der Waals surface area (Å²) < 4.78 is 4.93. The van der Waals surface area contributed by atoms with Crippen LogP contribution in [0.25, 0.3) is 0 Å². The average Bonchev–Trinajstić information content (AvgIpc) is 3.16. The second kappa shape index (κ2) is 5.41. The smallest absolute Gasteiger partial charge is 0.306 e. The average molecular weight is 301 g/mol. The lowest BCUT2D eigenvalue weighted by atomic mass is 9.75. The second-order valence-electron chi connectivity index (χ2n) is 7.08. The fourth-order valence-corrected chi connectivity index (χ4v) is 3.44. The van der Waals surface area contributed by atoms with E-state index in [9.17, 15) is 9.59 Å². The van der Waals surface area contributed by atoms with E-state index in [0.717, 1.165) is 12.8 Å². The maximum Gasteiger partial charge on any atom is 0.306 e. The van der Waals surface area contributed by atoms with Crippen molar-refractivity contribution >= 4 is 11.9 Å². The molecule has 0 aromatic heterocycles. The van der Waals surface area contributed by atoms with Crippen molar-refractivity contribution in [1.82, 2.24) is 5.32 Å². The van der Waals surface area contributed by atoms with Crippen molar-refractivity contribution in [2.75, 3.05) is 6.61 Å². The molecule has 1 aromatic carbocycles. The molecule has 0 radical (unpaired) electrons. The number of ether oxygens (including phenoxy) is 1. The van der Waals surface area contributed by atoms with Crippen molar-refractivity contribution in [1.29, 1.82) is 0 Å². The van der Waals surface area contributed by atoms with E-state index in [1.54, 1.807) is 0 Å². The van der Waals surface area contributed by atoms with Gasteiger partial charge in [0.2, 0.25) is 5.91 Å². The lowest BCUT2D eigenvalue weighted by molar-refractivity contribution is -0.138. The van der Waals surface area contributed by atoms with Crippen LogP contribution < -0.4 is 5.32 Å². The van der Waals surface area contributed by atoms with Crippen molar-refractivity contribution in [3.8, 4) is 0 Å². The Morgan fingerprint density at radius 2 is 2.00 bits per heavy atom. The zero-order chi connectivity index (χ0) is 15.8. The molecule has 2 aliphatic rings. The molecule has 4 heteroatoms. The third kappa shape index (κ3) is 2.74. The molecule has 4 nitrogen and oxygen atoms in total. The van der Waals surface area contributed by atoms with Gasteiger partial charge in [0, 0.05) is 23.3 Å². The summed E-state index contributed by atoms with van der Waals surface area (Å²) in [7, 11) is 0. The van der Waals surface area contributed by atoms with Gasteiger partial charge < -0.3 is 10.1 Å². The highest BCUT2D eigenvalue weighted by Crippen LogP contribution is 2.51. The Kier molecular flexibility index (Phi) is 3.71. The first-order valence-corrected chi connectivity index (χ1v) is 7.95. The van der Waals surface area contributed by atoms with Crippen molar-refractivity contribution in [3.05, 3.63) is 35.9 Å². The van der Waals surface area contributed by atoms with Crippen LogP contribution in [0.1, 0.15) is 45.1 Å². The Balaban J connectivity index is 1.66. The van der Waals surface area contributed by atoms with Gasteiger partial charge >= 0.3 is 5.97 Å². The monoisotopic (exact) mass is 301 g/mol. The predicted molar refractivity (Wildman–Crippen MR) is 83.3 cm³/mol. The third-order valence-electron chi connectivity index (χ3n) is 5.23. The van der Waals surface area contributed by atoms with Crippen LogP contribution in [0, 0.1) is 5.92 Å². The summed E-state index contributed by atoms with van der Waals surface area (Å²) in [5, 5.41) is 3.24. The van der Waals surface area contributed by atoms with Gasteiger partial charge in [-0.2, -0.15) is 0 Å². The maximum atomic E-state index is 12.4. The van der Waals surface area contributed by atoms with Crippen LogP contribution in [0.15, 0.2) is 30.3 Å². The van der Waals surface area contributed by atoms with Gasteiger partial charge in [-0.15, -0.1) is 0 Å². The molecule has 1 unspecified atom stereocenters. The molecule has 1 saturated heterocycles. The number of hydrogen-bond donors (Lipinski definition) is 1. The van der Waals surface area contributed by atoms with Crippen LogP contribution in [-0.2, 0) is 19.7 Å². The topological polar surface area (TPSA) is 55.4 Å². The minimum absolute atomic E-state index is 0.0307. The molecular formula is C18H23NO3. The molecular weight excluding hydrogens is 278 g/mol. The minimum atomic E-state index is -0.191. The van der Waals surface area contributed by atoms with Gasteiger partial charge in [-0.1, -0.05) is 44.2 Å². The molecule has 1 saturated carbocycles. The molecule has 1 atom stereocenters. The number of cyclic esters (lactones) is 1. The van der Waals surface area contributed by atoms with Gasteiger partial charge in [0.25, 0.3) is 0 Å². The normalized spacial score (nSPS) is 23.0. The van der Waals surface area contributed by atoms with Crippen molar-refractivity contribution in [2.45, 2.75) is 50.5 Å². The summed E-state index contributed by atoms with van der Waals surface area (Å²) >= 11 is 0. The third-order valence-corrected chi connectivity index (χ3v) is 5.23. The molecule has 1 aliphatic carbocycles. The number of esters is 1. The molecule has 22 heavy (non-hydrogen) atoms. The largest absolute Gasteiger partial charge is 0.465 e. The zero-order valence-electron chi connectivity index (χ0n) is 13.2.